The second kappa shape index (κ2) is 11.8. The Labute approximate surface area is 238 Å². The number of rotatable bonds is 6. The van der Waals surface area contributed by atoms with E-state index in [0.717, 1.165) is 18.3 Å². The van der Waals surface area contributed by atoms with Crippen LogP contribution in [0.3, 0.4) is 0 Å². The third-order valence-corrected chi connectivity index (χ3v) is 8.46. The minimum Gasteiger partial charge on any atom is -0.367 e. The van der Waals surface area contributed by atoms with E-state index in [1.165, 1.54) is 23.6 Å². The molecule has 1 aromatic carbocycles. The van der Waals surface area contributed by atoms with Crippen molar-refractivity contribution >= 4 is 39.3 Å². The predicted octanol–water partition coefficient (Wildman–Crippen LogP) is 4.47. The fourth-order valence-corrected chi connectivity index (χ4v) is 5.79. The molecule has 0 saturated carbocycles. The molecule has 5 rings (SSSR count). The molecule has 1 amide bonds. The van der Waals surface area contributed by atoms with Gasteiger partial charge in [0.2, 0.25) is 5.56 Å². The number of aromatic nitrogens is 2. The van der Waals surface area contributed by atoms with Crippen molar-refractivity contribution in [2.45, 2.75) is 25.8 Å². The van der Waals surface area contributed by atoms with E-state index in [1.807, 2.05) is 29.8 Å². The maximum absolute atomic E-state index is 15.7. The van der Waals surface area contributed by atoms with E-state index < -0.39 is 29.3 Å². The summed E-state index contributed by atoms with van der Waals surface area (Å²) in [4.78, 5) is 38.1. The number of nitrogens with zero attached hydrogens (tertiary/aromatic N) is 5. The average molecular weight is 584 g/mol. The second-order valence-electron chi connectivity index (χ2n) is 10.1. The molecule has 214 valence electrons. The number of carbonyl (C=O) groups is 1. The summed E-state index contributed by atoms with van der Waals surface area (Å²) in [6.07, 6.45) is 1.84. The molecule has 1 atom stereocenters. The van der Waals surface area contributed by atoms with Gasteiger partial charge in [0.25, 0.3) is 12.3 Å². The molecule has 4 heterocycles. The zero-order valence-electron chi connectivity index (χ0n) is 22.5. The van der Waals surface area contributed by atoms with Crippen molar-refractivity contribution in [2.24, 2.45) is 0 Å². The third-order valence-electron chi connectivity index (χ3n) is 7.50. The van der Waals surface area contributed by atoms with Crippen LogP contribution in [0, 0.1) is 17.1 Å². The van der Waals surface area contributed by atoms with Crippen molar-refractivity contribution in [1.82, 2.24) is 14.9 Å². The maximum Gasteiger partial charge on any atom is 0.264 e. The van der Waals surface area contributed by atoms with Crippen LogP contribution in [0.1, 0.15) is 46.1 Å². The van der Waals surface area contributed by atoms with Gasteiger partial charge in [-0.25, -0.2) is 18.2 Å². The normalized spacial score (nSPS) is 17.9. The highest BCUT2D eigenvalue weighted by Gasteiger charge is 2.27. The number of hydrogen-bond acceptors (Lipinski definition) is 8. The lowest BCUT2D eigenvalue weighted by atomic mass is 9.97. The Morgan fingerprint density at radius 1 is 1.24 bits per heavy atom. The highest BCUT2D eigenvalue weighted by molar-refractivity contribution is 7.16. The van der Waals surface area contributed by atoms with Gasteiger partial charge in [-0.2, -0.15) is 5.26 Å². The van der Waals surface area contributed by atoms with E-state index in [0.29, 0.717) is 59.9 Å². The molecule has 3 aromatic rings. The summed E-state index contributed by atoms with van der Waals surface area (Å²) >= 11 is 1.29. The fourth-order valence-electron chi connectivity index (χ4n) is 5.04. The number of amides is 1. The number of H-pyrrole nitrogens is 1. The van der Waals surface area contributed by atoms with Gasteiger partial charge in [0.1, 0.15) is 16.8 Å². The Morgan fingerprint density at radius 2 is 2.05 bits per heavy atom. The van der Waals surface area contributed by atoms with Crippen molar-refractivity contribution in [2.75, 3.05) is 54.9 Å². The smallest absolute Gasteiger partial charge is 0.264 e. The average Bonchev–Trinajstić information content (AvgIpc) is 3.45. The zero-order valence-corrected chi connectivity index (χ0v) is 23.3. The predicted molar refractivity (Wildman–Crippen MR) is 152 cm³/mol. The maximum atomic E-state index is 15.7. The quantitative estimate of drug-likeness (QED) is 0.441. The molecule has 0 radical (unpaired) electrons. The molecule has 0 unspecified atom stereocenters. The molecule has 2 aromatic heterocycles. The molecule has 2 N–H and O–H groups in total. The highest BCUT2D eigenvalue weighted by Crippen LogP contribution is 2.36. The Morgan fingerprint density at radius 3 is 2.71 bits per heavy atom. The molecule has 2 aliphatic rings. The molecule has 1 fully saturated rings. The molecule has 0 spiro atoms. The monoisotopic (exact) mass is 583 g/mol. The summed E-state index contributed by atoms with van der Waals surface area (Å²) < 4.78 is 43.0. The number of nitriles is 1. The van der Waals surface area contributed by atoms with E-state index in [1.54, 1.807) is 6.07 Å². The summed E-state index contributed by atoms with van der Waals surface area (Å²) in [5, 5.41) is 12.5. The van der Waals surface area contributed by atoms with Gasteiger partial charge in [0.05, 0.1) is 23.1 Å². The van der Waals surface area contributed by atoms with Crippen LogP contribution in [0.25, 0.3) is 5.57 Å². The van der Waals surface area contributed by atoms with Crippen LogP contribution in [0.5, 0.6) is 0 Å². The summed E-state index contributed by atoms with van der Waals surface area (Å²) in [6, 6.07) is 5.89. The molecule has 9 nitrogen and oxygen atoms in total. The largest absolute Gasteiger partial charge is 0.367 e. The fraction of sp³-hybridized carbons (Fsp3) is 0.357. The Bertz CT molecular complexity index is 1600. The van der Waals surface area contributed by atoms with Crippen LogP contribution in [-0.2, 0) is 0 Å². The van der Waals surface area contributed by atoms with Gasteiger partial charge in [0, 0.05) is 62.2 Å². The topological polar surface area (TPSA) is 108 Å². The van der Waals surface area contributed by atoms with Gasteiger partial charge < -0.3 is 25.0 Å². The van der Waals surface area contributed by atoms with Gasteiger partial charge in [0.15, 0.2) is 5.13 Å². The van der Waals surface area contributed by atoms with Gasteiger partial charge in [-0.1, -0.05) is 17.4 Å². The molecule has 0 aliphatic carbocycles. The molecule has 13 heteroatoms. The van der Waals surface area contributed by atoms with Crippen LogP contribution < -0.4 is 20.7 Å². The van der Waals surface area contributed by atoms with E-state index in [2.05, 4.69) is 26.3 Å². The third kappa shape index (κ3) is 5.98. The van der Waals surface area contributed by atoms with Crippen molar-refractivity contribution in [3.05, 3.63) is 74.4 Å². The number of nitrogens with one attached hydrogen (secondary N) is 2. The van der Waals surface area contributed by atoms with Gasteiger partial charge in [-0.3, -0.25) is 9.59 Å². The van der Waals surface area contributed by atoms with Crippen LogP contribution in [-0.4, -0.2) is 66.6 Å². The second-order valence-corrected chi connectivity index (χ2v) is 11.1. The molecule has 1 saturated heterocycles. The van der Waals surface area contributed by atoms with Crippen molar-refractivity contribution in [3.63, 3.8) is 0 Å². The lowest BCUT2D eigenvalue weighted by Crippen LogP contribution is -2.50. The number of thiazole rings is 1. The van der Waals surface area contributed by atoms with Gasteiger partial charge in [-0.15, -0.1) is 0 Å². The first-order valence-electron chi connectivity index (χ1n) is 13.1. The van der Waals surface area contributed by atoms with E-state index in [9.17, 15) is 18.4 Å². The highest BCUT2D eigenvalue weighted by atomic mass is 32.1. The van der Waals surface area contributed by atoms with E-state index >= 15 is 4.39 Å². The van der Waals surface area contributed by atoms with Crippen LogP contribution in [0.4, 0.5) is 29.7 Å². The summed E-state index contributed by atoms with van der Waals surface area (Å²) in [5.74, 6) is -1.29. The number of aromatic amines is 1. The number of pyridine rings is 1. The van der Waals surface area contributed by atoms with Crippen molar-refractivity contribution in [3.8, 4) is 6.07 Å². The lowest BCUT2D eigenvalue weighted by Gasteiger charge is -2.40. The van der Waals surface area contributed by atoms with Gasteiger partial charge >= 0.3 is 0 Å². The Balaban J connectivity index is 1.49. The molecule has 41 heavy (non-hydrogen) atoms. The first-order valence-corrected chi connectivity index (χ1v) is 13.9. The van der Waals surface area contributed by atoms with Crippen LogP contribution in [0.15, 0.2) is 41.5 Å². The standard InChI is InChI=1S/C28H28F3N7O2S/c1-16-15-38(8-7-36(16)2)24-11-22(29)19(17-3-5-37(6-4-17)28-34-13-18(12-32)41-28)9-23(24)35-27(40)21-14-33-25(39)10-20(21)26(30)31/h3,9-11,13-14,16,26H,4-8,15H2,1-2H3,(H,33,39)(H,35,40)/t16-/m0/s1. The van der Waals surface area contributed by atoms with Crippen molar-refractivity contribution in [1.29, 1.82) is 5.26 Å². The number of hydrogen-bond donors (Lipinski definition) is 2. The first-order chi connectivity index (χ1) is 19.6. The Hall–Kier alpha value is -4.15. The molecule has 2 aliphatic heterocycles. The zero-order chi connectivity index (χ0) is 29.3. The van der Waals surface area contributed by atoms with Crippen LogP contribution >= 0.6 is 11.3 Å². The van der Waals surface area contributed by atoms with E-state index in [4.69, 9.17) is 5.26 Å². The molecule has 0 bridgehead atoms. The summed E-state index contributed by atoms with van der Waals surface area (Å²) in [6.45, 7) is 4.94. The number of anilines is 3. The molecular weight excluding hydrogens is 555 g/mol. The summed E-state index contributed by atoms with van der Waals surface area (Å²) in [5.41, 5.74) is -0.00641. The van der Waals surface area contributed by atoms with Crippen molar-refractivity contribution < 1.29 is 18.0 Å². The first kappa shape index (κ1) is 28.4. The number of piperazine rings is 1. The number of alkyl halides is 2. The van der Waals surface area contributed by atoms with Gasteiger partial charge in [-0.05, 0) is 38.1 Å². The molecular formula is C28H28F3N7O2S. The number of likely N-dealkylation sites (N-methyl/N-ethyl adjacent to an activating group) is 1. The minimum atomic E-state index is -3.03. The van der Waals surface area contributed by atoms with Crippen LogP contribution in [0.2, 0.25) is 0 Å². The minimum absolute atomic E-state index is 0.166. The SMILES string of the molecule is C[C@H]1CN(c2cc(F)c(C3=CCN(c4ncc(C#N)s4)CC3)cc2NC(=O)c2c[nH]c(=O)cc2C(F)F)CCN1C. The Kier molecular flexibility index (Phi) is 8.14. The lowest BCUT2D eigenvalue weighted by molar-refractivity contribution is 0.101. The summed E-state index contributed by atoms with van der Waals surface area (Å²) in [7, 11) is 2.00. The number of halogens is 3. The number of carbonyl (C=O) groups excluding carboxylic acids is 1. The number of benzene rings is 1. The van der Waals surface area contributed by atoms with E-state index in [-0.39, 0.29) is 17.3 Å².